The molecule has 1 saturated heterocycles. The lowest BCUT2D eigenvalue weighted by molar-refractivity contribution is -0.143. The van der Waals surface area contributed by atoms with E-state index in [9.17, 15) is 4.79 Å². The molecular formula is C13H18O3. The molecule has 88 valence electrons. The van der Waals surface area contributed by atoms with Gasteiger partial charge in [0.25, 0.3) is 0 Å². The van der Waals surface area contributed by atoms with Crippen molar-refractivity contribution < 1.29 is 14.3 Å². The summed E-state index contributed by atoms with van der Waals surface area (Å²) in [5.41, 5.74) is 1.02. The van der Waals surface area contributed by atoms with Gasteiger partial charge in [-0.05, 0) is 32.3 Å². The molecule has 0 radical (unpaired) electrons. The first kappa shape index (κ1) is 10.5. The number of carbonyl (C=O) groups excluding carboxylic acids is 1. The molecule has 0 aromatic heterocycles. The highest BCUT2D eigenvalue weighted by Gasteiger charge is 2.48. The zero-order valence-electron chi connectivity index (χ0n) is 9.75. The van der Waals surface area contributed by atoms with Gasteiger partial charge in [0.1, 0.15) is 5.78 Å². The smallest absolute Gasteiger partial charge is 0.188 e. The fraction of sp³-hybridized carbons (Fsp3) is 0.769. The van der Waals surface area contributed by atoms with Crippen molar-refractivity contribution in [2.45, 2.75) is 44.8 Å². The predicted molar refractivity (Wildman–Crippen MR) is 58.9 cm³/mol. The van der Waals surface area contributed by atoms with Gasteiger partial charge in [-0.25, -0.2) is 0 Å². The van der Waals surface area contributed by atoms with Crippen molar-refractivity contribution >= 4 is 5.78 Å². The number of rotatable bonds is 0. The van der Waals surface area contributed by atoms with Gasteiger partial charge in [-0.3, -0.25) is 4.79 Å². The van der Waals surface area contributed by atoms with Crippen LogP contribution in [0.1, 0.15) is 39.0 Å². The molecule has 1 aliphatic heterocycles. The summed E-state index contributed by atoms with van der Waals surface area (Å²) in [5.74, 6) is -0.0928. The predicted octanol–water partition coefficient (Wildman–Crippen LogP) is 2.21. The summed E-state index contributed by atoms with van der Waals surface area (Å²) >= 11 is 0. The standard InChI is InChI=1S/C13H18O3/c1-12-5-6-13(15-7-8-16-13)9-10(12)3-2-4-11(12)14/h9H,2-8H2,1H3/t12-/m0/s1. The van der Waals surface area contributed by atoms with Gasteiger partial charge in [0.15, 0.2) is 5.79 Å². The molecular weight excluding hydrogens is 204 g/mol. The van der Waals surface area contributed by atoms with E-state index >= 15 is 0 Å². The van der Waals surface area contributed by atoms with Crippen molar-refractivity contribution in [2.24, 2.45) is 5.41 Å². The number of ketones is 1. The number of fused-ring (bicyclic) bond motifs is 1. The molecule has 0 aromatic rings. The number of Topliss-reactive ketones (excluding diaryl/α,β-unsaturated/α-hetero) is 1. The monoisotopic (exact) mass is 222 g/mol. The lowest BCUT2D eigenvalue weighted by atomic mass is 9.64. The molecule has 0 unspecified atom stereocenters. The van der Waals surface area contributed by atoms with Crippen LogP contribution in [0.3, 0.4) is 0 Å². The Morgan fingerprint density at radius 2 is 1.94 bits per heavy atom. The average molecular weight is 222 g/mol. The van der Waals surface area contributed by atoms with Gasteiger partial charge in [-0.2, -0.15) is 0 Å². The summed E-state index contributed by atoms with van der Waals surface area (Å²) in [6.45, 7) is 3.44. The second-order valence-electron chi connectivity index (χ2n) is 5.29. The Morgan fingerprint density at radius 1 is 1.19 bits per heavy atom. The highest BCUT2D eigenvalue weighted by Crippen LogP contribution is 2.49. The normalized spacial score (nSPS) is 37.3. The Balaban J connectivity index is 1.96. The highest BCUT2D eigenvalue weighted by atomic mass is 16.7. The van der Waals surface area contributed by atoms with E-state index in [4.69, 9.17) is 9.47 Å². The third-order valence-corrected chi connectivity index (χ3v) is 4.32. The van der Waals surface area contributed by atoms with Crippen LogP contribution in [0.4, 0.5) is 0 Å². The first-order valence-corrected chi connectivity index (χ1v) is 6.18. The van der Waals surface area contributed by atoms with Crippen molar-refractivity contribution in [1.29, 1.82) is 0 Å². The third-order valence-electron chi connectivity index (χ3n) is 4.32. The highest BCUT2D eigenvalue weighted by molar-refractivity contribution is 5.88. The minimum absolute atomic E-state index is 0.223. The third kappa shape index (κ3) is 1.38. The maximum absolute atomic E-state index is 12.0. The van der Waals surface area contributed by atoms with Crippen LogP contribution < -0.4 is 0 Å². The molecule has 0 bridgehead atoms. The van der Waals surface area contributed by atoms with Crippen LogP contribution in [-0.4, -0.2) is 24.8 Å². The van der Waals surface area contributed by atoms with Gasteiger partial charge in [-0.1, -0.05) is 5.57 Å². The number of allylic oxidation sites excluding steroid dienone is 1. The fourth-order valence-electron chi connectivity index (χ4n) is 3.16. The summed E-state index contributed by atoms with van der Waals surface area (Å²) in [7, 11) is 0. The molecule has 1 heterocycles. The van der Waals surface area contributed by atoms with Gasteiger partial charge in [0, 0.05) is 18.3 Å². The number of hydrogen-bond donors (Lipinski definition) is 0. The Bertz CT molecular complexity index is 352. The van der Waals surface area contributed by atoms with E-state index < -0.39 is 5.79 Å². The van der Waals surface area contributed by atoms with Crippen LogP contribution in [0.15, 0.2) is 11.6 Å². The van der Waals surface area contributed by atoms with E-state index in [0.717, 1.165) is 32.1 Å². The topological polar surface area (TPSA) is 35.5 Å². The Morgan fingerprint density at radius 3 is 2.69 bits per heavy atom. The van der Waals surface area contributed by atoms with E-state index in [1.165, 1.54) is 5.57 Å². The zero-order valence-corrected chi connectivity index (χ0v) is 9.75. The SMILES string of the molecule is C[C@]12CCC3(C=C1CCCC2=O)OCCO3. The van der Waals surface area contributed by atoms with Crippen molar-refractivity contribution in [3.63, 3.8) is 0 Å². The molecule has 3 rings (SSSR count). The summed E-state index contributed by atoms with van der Waals surface area (Å²) in [6, 6.07) is 0. The fourth-order valence-corrected chi connectivity index (χ4v) is 3.16. The number of carbonyl (C=O) groups is 1. The minimum Gasteiger partial charge on any atom is -0.344 e. The van der Waals surface area contributed by atoms with Gasteiger partial charge >= 0.3 is 0 Å². The second kappa shape index (κ2) is 3.41. The Labute approximate surface area is 95.8 Å². The average Bonchev–Trinajstić information content (AvgIpc) is 2.71. The maximum Gasteiger partial charge on any atom is 0.188 e. The summed E-state index contributed by atoms with van der Waals surface area (Å²) in [5, 5.41) is 0. The van der Waals surface area contributed by atoms with Gasteiger partial charge in [-0.15, -0.1) is 0 Å². The van der Waals surface area contributed by atoms with Crippen molar-refractivity contribution in [3.8, 4) is 0 Å². The first-order valence-electron chi connectivity index (χ1n) is 6.18. The summed E-state index contributed by atoms with van der Waals surface area (Å²) < 4.78 is 11.4. The molecule has 3 heteroatoms. The van der Waals surface area contributed by atoms with Crippen molar-refractivity contribution in [1.82, 2.24) is 0 Å². The lowest BCUT2D eigenvalue weighted by Gasteiger charge is -2.42. The van der Waals surface area contributed by atoms with Gasteiger partial charge in [0.05, 0.1) is 13.2 Å². The Kier molecular flexibility index (Phi) is 2.23. The quantitative estimate of drug-likeness (QED) is 0.589. The van der Waals surface area contributed by atoms with Crippen LogP contribution in [-0.2, 0) is 14.3 Å². The van der Waals surface area contributed by atoms with Crippen LogP contribution in [0.25, 0.3) is 0 Å². The summed E-state index contributed by atoms with van der Waals surface area (Å²) in [4.78, 5) is 12.0. The minimum atomic E-state index is -0.494. The van der Waals surface area contributed by atoms with Crippen LogP contribution in [0.2, 0.25) is 0 Å². The van der Waals surface area contributed by atoms with E-state index in [1.54, 1.807) is 0 Å². The van der Waals surface area contributed by atoms with Crippen molar-refractivity contribution in [2.75, 3.05) is 13.2 Å². The van der Waals surface area contributed by atoms with E-state index in [0.29, 0.717) is 19.0 Å². The van der Waals surface area contributed by atoms with Crippen molar-refractivity contribution in [3.05, 3.63) is 11.6 Å². The first-order chi connectivity index (χ1) is 7.65. The molecule has 0 N–H and O–H groups in total. The van der Waals surface area contributed by atoms with Crippen LogP contribution >= 0.6 is 0 Å². The van der Waals surface area contributed by atoms with Crippen LogP contribution in [0.5, 0.6) is 0 Å². The molecule has 3 aliphatic rings. The number of hydrogen-bond acceptors (Lipinski definition) is 3. The number of ether oxygens (including phenoxy) is 2. The van der Waals surface area contributed by atoms with Gasteiger partial charge in [0.2, 0.25) is 0 Å². The molecule has 1 saturated carbocycles. The Hall–Kier alpha value is -0.670. The van der Waals surface area contributed by atoms with Crippen LogP contribution in [0, 0.1) is 5.41 Å². The molecule has 3 nitrogen and oxygen atoms in total. The molecule has 0 aromatic carbocycles. The summed E-state index contributed by atoms with van der Waals surface area (Å²) in [6.07, 6.45) is 6.53. The van der Waals surface area contributed by atoms with Gasteiger partial charge < -0.3 is 9.47 Å². The van der Waals surface area contributed by atoms with E-state index in [1.807, 2.05) is 0 Å². The zero-order chi connectivity index (χ0) is 11.2. The molecule has 0 amide bonds. The van der Waals surface area contributed by atoms with E-state index in [-0.39, 0.29) is 5.41 Å². The lowest BCUT2D eigenvalue weighted by Crippen LogP contribution is -2.42. The van der Waals surface area contributed by atoms with E-state index in [2.05, 4.69) is 13.0 Å². The second-order valence-corrected chi connectivity index (χ2v) is 5.29. The molecule has 2 aliphatic carbocycles. The molecule has 1 spiro atoms. The molecule has 16 heavy (non-hydrogen) atoms. The molecule has 1 atom stereocenters. The largest absolute Gasteiger partial charge is 0.344 e. The molecule has 2 fully saturated rings. The maximum atomic E-state index is 12.0.